The highest BCUT2D eigenvalue weighted by Crippen LogP contribution is 2.19. The number of hydrogen-bond acceptors (Lipinski definition) is 6. The molecule has 2 aromatic carbocycles. The second-order valence-corrected chi connectivity index (χ2v) is 9.87. The molecule has 0 bridgehead atoms. The molecule has 0 fully saturated rings. The largest absolute Gasteiger partial charge is 0.480 e. The van der Waals surface area contributed by atoms with Crippen LogP contribution in [0, 0.1) is 5.92 Å². The van der Waals surface area contributed by atoms with Gasteiger partial charge in [-0.05, 0) is 29.5 Å². The first-order chi connectivity index (χ1) is 19.1. The van der Waals surface area contributed by atoms with E-state index in [4.69, 9.17) is 5.73 Å². The van der Waals surface area contributed by atoms with Crippen LogP contribution >= 0.6 is 0 Å². The van der Waals surface area contributed by atoms with Gasteiger partial charge in [0, 0.05) is 23.5 Å². The van der Waals surface area contributed by atoms with Gasteiger partial charge >= 0.3 is 5.97 Å². The van der Waals surface area contributed by atoms with E-state index in [0.29, 0.717) is 6.42 Å². The Morgan fingerprint density at radius 1 is 0.875 bits per heavy atom. The van der Waals surface area contributed by atoms with Crippen molar-refractivity contribution in [2.75, 3.05) is 6.61 Å². The third-order valence-corrected chi connectivity index (χ3v) is 6.96. The number of para-hydroxylation sites is 1. The van der Waals surface area contributed by atoms with Crippen LogP contribution < -0.4 is 21.7 Å². The number of carbonyl (C=O) groups is 4. The minimum Gasteiger partial charge on any atom is -0.480 e. The lowest BCUT2D eigenvalue weighted by Gasteiger charge is -2.26. The molecule has 8 N–H and O–H groups in total. The van der Waals surface area contributed by atoms with E-state index < -0.39 is 54.5 Å². The molecule has 11 nitrogen and oxygen atoms in total. The Morgan fingerprint density at radius 2 is 1.50 bits per heavy atom. The number of aliphatic carboxylic acids is 1. The molecule has 0 saturated carbocycles. The van der Waals surface area contributed by atoms with Crippen molar-refractivity contribution in [3.05, 3.63) is 71.9 Å². The summed E-state index contributed by atoms with van der Waals surface area (Å²) in [5.41, 5.74) is 8.58. The third-order valence-electron chi connectivity index (χ3n) is 6.96. The van der Waals surface area contributed by atoms with Crippen molar-refractivity contribution in [1.82, 2.24) is 20.9 Å². The minimum atomic E-state index is -1.38. The molecular weight excluding hydrogens is 514 g/mol. The number of rotatable bonds is 14. The summed E-state index contributed by atoms with van der Waals surface area (Å²) in [6, 6.07) is 11.8. The lowest BCUT2D eigenvalue weighted by molar-refractivity contribution is -0.143. The Hall–Kier alpha value is -4.22. The first kappa shape index (κ1) is 30.3. The number of fused-ring (bicyclic) bond motifs is 1. The molecule has 3 aromatic rings. The molecule has 11 heteroatoms. The number of amides is 3. The third kappa shape index (κ3) is 7.90. The molecule has 1 aromatic heterocycles. The number of nitrogens with one attached hydrogen (secondary N) is 4. The molecule has 3 amide bonds. The fourth-order valence-electron chi connectivity index (χ4n) is 4.37. The van der Waals surface area contributed by atoms with Gasteiger partial charge in [0.25, 0.3) is 0 Å². The maximum atomic E-state index is 13.2. The number of H-pyrrole nitrogens is 1. The molecule has 1 heterocycles. The molecule has 40 heavy (non-hydrogen) atoms. The maximum Gasteiger partial charge on any atom is 0.326 e. The number of benzene rings is 2. The zero-order valence-electron chi connectivity index (χ0n) is 22.6. The fourth-order valence-corrected chi connectivity index (χ4v) is 4.37. The summed E-state index contributed by atoms with van der Waals surface area (Å²) in [6.07, 6.45) is 2.55. The summed E-state index contributed by atoms with van der Waals surface area (Å²) in [6.45, 7) is 2.79. The molecule has 0 spiro atoms. The van der Waals surface area contributed by atoms with Crippen LogP contribution in [-0.2, 0) is 32.0 Å². The van der Waals surface area contributed by atoms with Gasteiger partial charge in [0.2, 0.25) is 17.7 Å². The monoisotopic (exact) mass is 551 g/mol. The quantitative estimate of drug-likeness (QED) is 0.155. The van der Waals surface area contributed by atoms with Crippen molar-refractivity contribution < 1.29 is 29.4 Å². The van der Waals surface area contributed by atoms with Gasteiger partial charge in [-0.3, -0.25) is 14.4 Å². The Labute approximate surface area is 232 Å². The van der Waals surface area contributed by atoms with Crippen molar-refractivity contribution in [2.45, 2.75) is 57.3 Å². The summed E-state index contributed by atoms with van der Waals surface area (Å²) >= 11 is 0. The number of aliphatic hydroxyl groups is 1. The van der Waals surface area contributed by atoms with Gasteiger partial charge in [0.05, 0.1) is 12.6 Å². The first-order valence-electron chi connectivity index (χ1n) is 13.2. The Bertz CT molecular complexity index is 1310. The Balaban J connectivity index is 1.70. The van der Waals surface area contributed by atoms with Crippen molar-refractivity contribution in [1.29, 1.82) is 0 Å². The second-order valence-electron chi connectivity index (χ2n) is 9.87. The van der Waals surface area contributed by atoms with Crippen LogP contribution in [0.3, 0.4) is 0 Å². The predicted molar refractivity (Wildman–Crippen MR) is 150 cm³/mol. The number of carboxylic acids is 1. The number of hydrogen-bond donors (Lipinski definition) is 7. The molecule has 0 aliphatic carbocycles. The van der Waals surface area contributed by atoms with Gasteiger partial charge in [0.15, 0.2) is 0 Å². The molecule has 5 unspecified atom stereocenters. The van der Waals surface area contributed by atoms with Crippen molar-refractivity contribution >= 4 is 34.6 Å². The molecule has 3 rings (SSSR count). The maximum absolute atomic E-state index is 13.2. The van der Waals surface area contributed by atoms with E-state index in [2.05, 4.69) is 20.9 Å². The smallest absolute Gasteiger partial charge is 0.326 e. The average Bonchev–Trinajstić information content (AvgIpc) is 3.36. The van der Waals surface area contributed by atoms with Crippen molar-refractivity contribution in [3.63, 3.8) is 0 Å². The van der Waals surface area contributed by atoms with E-state index in [0.717, 1.165) is 22.0 Å². The van der Waals surface area contributed by atoms with Gasteiger partial charge in [-0.2, -0.15) is 0 Å². The van der Waals surface area contributed by atoms with Crippen LogP contribution in [-0.4, -0.2) is 69.7 Å². The lowest BCUT2D eigenvalue weighted by Crippen LogP contribution is -2.59. The van der Waals surface area contributed by atoms with Crippen molar-refractivity contribution in [3.8, 4) is 0 Å². The fraction of sp³-hybridized carbons (Fsp3) is 0.379. The van der Waals surface area contributed by atoms with Crippen LogP contribution in [0.25, 0.3) is 10.9 Å². The number of nitrogens with two attached hydrogens (primary N) is 1. The first-order valence-corrected chi connectivity index (χ1v) is 13.2. The Morgan fingerprint density at radius 3 is 2.15 bits per heavy atom. The number of carbonyl (C=O) groups excluding carboxylic acids is 3. The molecule has 0 aliphatic heterocycles. The van der Waals surface area contributed by atoms with Crippen LogP contribution in [0.4, 0.5) is 0 Å². The molecule has 5 atom stereocenters. The normalized spacial score (nSPS) is 14.9. The highest BCUT2D eigenvalue weighted by Gasteiger charge is 2.32. The second kappa shape index (κ2) is 14.2. The minimum absolute atomic E-state index is 0.0669. The van der Waals surface area contributed by atoms with Gasteiger partial charge in [-0.15, -0.1) is 0 Å². The molecular formula is C29H37N5O6. The van der Waals surface area contributed by atoms with E-state index >= 15 is 0 Å². The highest BCUT2D eigenvalue weighted by molar-refractivity contribution is 5.94. The van der Waals surface area contributed by atoms with E-state index in [1.54, 1.807) is 43.5 Å². The molecule has 0 radical (unpaired) electrons. The van der Waals surface area contributed by atoms with Crippen LogP contribution in [0.5, 0.6) is 0 Å². The van der Waals surface area contributed by atoms with Crippen LogP contribution in [0.2, 0.25) is 0 Å². The zero-order valence-corrected chi connectivity index (χ0v) is 22.6. The van der Waals surface area contributed by atoms with E-state index in [1.165, 1.54) is 0 Å². The van der Waals surface area contributed by atoms with Gasteiger partial charge in [-0.25, -0.2) is 4.79 Å². The van der Waals surface area contributed by atoms with Crippen LogP contribution in [0.15, 0.2) is 60.8 Å². The number of aliphatic hydroxyl groups excluding tert-OH is 1. The van der Waals surface area contributed by atoms with Gasteiger partial charge in [-0.1, -0.05) is 68.8 Å². The zero-order chi connectivity index (χ0) is 29.2. The SMILES string of the molecule is CCC(C)C(NC(=O)C(Cc1ccccc1)NC(=O)C(CO)NC(=O)C(N)Cc1c[nH]c2ccccc12)C(=O)O. The van der Waals surface area contributed by atoms with Gasteiger partial charge < -0.3 is 36.9 Å². The molecule has 214 valence electrons. The van der Waals surface area contributed by atoms with E-state index in [-0.39, 0.29) is 18.8 Å². The van der Waals surface area contributed by atoms with Crippen LogP contribution in [0.1, 0.15) is 31.4 Å². The topological polar surface area (TPSA) is 187 Å². The highest BCUT2D eigenvalue weighted by atomic mass is 16.4. The lowest BCUT2D eigenvalue weighted by atomic mass is 9.98. The summed E-state index contributed by atoms with van der Waals surface area (Å²) in [4.78, 5) is 54.0. The number of aromatic amines is 1. The molecule has 0 aliphatic rings. The number of carboxylic acid groups (broad SMARTS) is 1. The Kier molecular flexibility index (Phi) is 10.8. The summed E-state index contributed by atoms with van der Waals surface area (Å²) in [5.74, 6) is -3.67. The summed E-state index contributed by atoms with van der Waals surface area (Å²) in [5, 5.41) is 28.0. The molecule has 0 saturated heterocycles. The van der Waals surface area contributed by atoms with E-state index in [1.807, 2.05) is 31.2 Å². The van der Waals surface area contributed by atoms with Gasteiger partial charge in [0.1, 0.15) is 18.1 Å². The number of aromatic nitrogens is 1. The predicted octanol–water partition coefficient (Wildman–Crippen LogP) is 0.858. The summed E-state index contributed by atoms with van der Waals surface area (Å²) in [7, 11) is 0. The standard InChI is InChI=1S/C29H37N5O6/c1-3-17(2)25(29(39)40)34-27(37)23(13-18-9-5-4-6-10-18)32-28(38)24(16-35)33-26(36)21(30)14-19-15-31-22-12-8-7-11-20(19)22/h4-12,15,17,21,23-25,31,35H,3,13-14,16,30H2,1-2H3,(H,32,38)(H,33,36)(H,34,37)(H,39,40). The average molecular weight is 552 g/mol. The summed E-state index contributed by atoms with van der Waals surface area (Å²) < 4.78 is 0. The van der Waals surface area contributed by atoms with Crippen molar-refractivity contribution in [2.24, 2.45) is 11.7 Å². The van der Waals surface area contributed by atoms with E-state index in [9.17, 15) is 29.4 Å².